The number of hydrogen-bond acceptors (Lipinski definition) is 2. The van der Waals surface area contributed by atoms with E-state index in [1.54, 1.807) is 5.56 Å². The van der Waals surface area contributed by atoms with E-state index in [2.05, 4.69) is 199 Å². The third kappa shape index (κ3) is 7.03. The molecule has 58 heavy (non-hydrogen) atoms. The quantitative estimate of drug-likeness (QED) is 0.162. The molecule has 0 spiro atoms. The molecular formula is C55H69BN2. The molecule has 3 aliphatic rings. The average molecular weight is 769 g/mol. The number of rotatable bonds is 2. The van der Waals surface area contributed by atoms with Gasteiger partial charge in [0.05, 0.1) is 0 Å². The molecule has 0 N–H and O–H groups in total. The monoisotopic (exact) mass is 769 g/mol. The third-order valence-corrected chi connectivity index (χ3v) is 13.4. The van der Waals surface area contributed by atoms with Crippen LogP contribution in [0.3, 0.4) is 0 Å². The van der Waals surface area contributed by atoms with Crippen molar-refractivity contribution < 1.29 is 0 Å². The molecule has 8 rings (SSSR count). The highest BCUT2D eigenvalue weighted by molar-refractivity contribution is 7.00. The molecule has 0 atom stereocenters. The molecule has 2 aliphatic heterocycles. The van der Waals surface area contributed by atoms with Crippen molar-refractivity contribution in [3.05, 3.63) is 123 Å². The molecule has 0 saturated heterocycles. The van der Waals surface area contributed by atoms with Crippen molar-refractivity contribution in [2.24, 2.45) is 0 Å². The number of benzene rings is 5. The van der Waals surface area contributed by atoms with E-state index < -0.39 is 0 Å². The minimum absolute atomic E-state index is 0.00236. The van der Waals surface area contributed by atoms with Gasteiger partial charge in [-0.3, -0.25) is 0 Å². The molecule has 0 amide bonds. The zero-order valence-corrected chi connectivity index (χ0v) is 38.8. The normalized spacial score (nSPS) is 15.6. The van der Waals surface area contributed by atoms with E-state index in [0.717, 1.165) is 12.8 Å². The summed E-state index contributed by atoms with van der Waals surface area (Å²) in [5, 5.41) is 0. The van der Waals surface area contributed by atoms with Gasteiger partial charge in [-0.2, -0.15) is 0 Å². The van der Waals surface area contributed by atoms with Crippen LogP contribution in [0.1, 0.15) is 161 Å². The Labute approximate surface area is 352 Å². The van der Waals surface area contributed by atoms with Gasteiger partial charge in [-0.05, 0) is 169 Å². The molecule has 0 saturated carbocycles. The molecule has 5 aromatic carbocycles. The van der Waals surface area contributed by atoms with Crippen LogP contribution in [0.25, 0.3) is 0 Å². The first-order chi connectivity index (χ1) is 26.8. The second kappa shape index (κ2) is 13.4. The summed E-state index contributed by atoms with van der Waals surface area (Å²) < 4.78 is 0. The fourth-order valence-electron chi connectivity index (χ4n) is 9.60. The van der Waals surface area contributed by atoms with Crippen molar-refractivity contribution in [3.63, 3.8) is 0 Å². The van der Waals surface area contributed by atoms with Crippen LogP contribution in [0.5, 0.6) is 0 Å². The Kier molecular flexibility index (Phi) is 9.36. The molecule has 0 fully saturated rings. The molecule has 2 nitrogen and oxygen atoms in total. The van der Waals surface area contributed by atoms with Gasteiger partial charge in [0.25, 0.3) is 6.71 Å². The van der Waals surface area contributed by atoms with Crippen LogP contribution in [0.4, 0.5) is 34.1 Å². The Balaban J connectivity index is 1.52. The summed E-state index contributed by atoms with van der Waals surface area (Å²) >= 11 is 0. The maximum Gasteiger partial charge on any atom is 0.252 e. The van der Waals surface area contributed by atoms with Gasteiger partial charge in [-0.15, -0.1) is 0 Å². The molecule has 302 valence electrons. The topological polar surface area (TPSA) is 6.48 Å². The molecule has 0 radical (unpaired) electrons. The molecule has 5 aromatic rings. The van der Waals surface area contributed by atoms with Gasteiger partial charge >= 0.3 is 0 Å². The van der Waals surface area contributed by atoms with Gasteiger partial charge in [-0.25, -0.2) is 0 Å². The van der Waals surface area contributed by atoms with E-state index in [1.807, 2.05) is 0 Å². The molecule has 3 heteroatoms. The van der Waals surface area contributed by atoms with Crippen molar-refractivity contribution in [3.8, 4) is 0 Å². The Morgan fingerprint density at radius 1 is 0.397 bits per heavy atom. The summed E-state index contributed by atoms with van der Waals surface area (Å²) in [6.45, 7) is 37.8. The summed E-state index contributed by atoms with van der Waals surface area (Å²) in [6.07, 6.45) is 4.85. The van der Waals surface area contributed by atoms with Gasteiger partial charge in [0.1, 0.15) is 0 Å². The number of fused-ring (bicyclic) bond motifs is 5. The Morgan fingerprint density at radius 2 is 0.793 bits per heavy atom. The van der Waals surface area contributed by atoms with Crippen LogP contribution in [0.2, 0.25) is 0 Å². The Morgan fingerprint density at radius 3 is 1.21 bits per heavy atom. The van der Waals surface area contributed by atoms with Gasteiger partial charge in [0.2, 0.25) is 0 Å². The molecule has 2 heterocycles. The summed E-state index contributed by atoms with van der Waals surface area (Å²) in [7, 11) is 0. The minimum Gasteiger partial charge on any atom is -0.311 e. The minimum atomic E-state index is -0.00584. The van der Waals surface area contributed by atoms with E-state index in [4.69, 9.17) is 0 Å². The van der Waals surface area contributed by atoms with Gasteiger partial charge in [0.15, 0.2) is 0 Å². The van der Waals surface area contributed by atoms with Crippen LogP contribution in [-0.2, 0) is 39.9 Å². The second-order valence-electron chi connectivity index (χ2n) is 23.3. The molecule has 0 aromatic heterocycles. The lowest BCUT2D eigenvalue weighted by molar-refractivity contribution is 0.568. The molecule has 0 unspecified atom stereocenters. The lowest BCUT2D eigenvalue weighted by Gasteiger charge is -2.46. The van der Waals surface area contributed by atoms with Gasteiger partial charge < -0.3 is 9.80 Å². The Hall–Kier alpha value is -4.24. The Bertz CT molecular complexity index is 2380. The van der Waals surface area contributed by atoms with E-state index in [0.29, 0.717) is 0 Å². The standard InChI is InChI=1S/C55H69BN2/c1-34-23-48-50-49(24-34)58(43-31-40(54(11,12)13)28-41(32-43)55(14,15)16)47-33-37(51(2,3)4)21-22-44(47)56(50)45-25-35-19-17-18-20-36(35)26-46(45)57(48)42-29-38(52(5,6)7)27-39(30-42)53(8,9)10/h21-33H,17-20H2,1-16H3. The highest BCUT2D eigenvalue weighted by Crippen LogP contribution is 2.48. The third-order valence-electron chi connectivity index (χ3n) is 13.4. The van der Waals surface area contributed by atoms with E-state index >= 15 is 0 Å². The largest absolute Gasteiger partial charge is 0.311 e. The van der Waals surface area contributed by atoms with Gasteiger partial charge in [0, 0.05) is 34.1 Å². The average Bonchev–Trinajstić information content (AvgIpc) is 3.11. The van der Waals surface area contributed by atoms with Crippen molar-refractivity contribution in [1.29, 1.82) is 0 Å². The molecule has 0 bridgehead atoms. The predicted octanol–water partition coefficient (Wildman–Crippen LogP) is 13.4. The van der Waals surface area contributed by atoms with Crippen LogP contribution < -0.4 is 26.2 Å². The van der Waals surface area contributed by atoms with Crippen molar-refractivity contribution in [2.75, 3.05) is 9.80 Å². The second-order valence-corrected chi connectivity index (χ2v) is 23.3. The summed E-state index contributed by atoms with van der Waals surface area (Å²) in [4.78, 5) is 5.33. The fraction of sp³-hybridized carbons (Fsp3) is 0.455. The highest BCUT2D eigenvalue weighted by Gasteiger charge is 2.45. The zero-order chi connectivity index (χ0) is 42.1. The summed E-state index contributed by atoms with van der Waals surface area (Å²) in [6, 6.07) is 32.6. The number of aryl methyl sites for hydroxylation is 3. The first-order valence-electron chi connectivity index (χ1n) is 22.2. The van der Waals surface area contributed by atoms with E-state index in [9.17, 15) is 0 Å². The smallest absolute Gasteiger partial charge is 0.252 e. The summed E-state index contributed by atoms with van der Waals surface area (Å²) in [5.74, 6) is 0. The number of anilines is 6. The van der Waals surface area contributed by atoms with Gasteiger partial charge in [-0.1, -0.05) is 134 Å². The first-order valence-corrected chi connectivity index (χ1v) is 22.2. The maximum absolute atomic E-state index is 2.68. The molecular weight excluding hydrogens is 699 g/mol. The van der Waals surface area contributed by atoms with E-state index in [-0.39, 0.29) is 33.8 Å². The van der Waals surface area contributed by atoms with Crippen LogP contribution in [0, 0.1) is 6.92 Å². The number of hydrogen-bond donors (Lipinski definition) is 0. The van der Waals surface area contributed by atoms with E-state index in [1.165, 1.54) is 102 Å². The zero-order valence-electron chi connectivity index (χ0n) is 38.8. The lowest BCUT2D eigenvalue weighted by atomic mass is 9.33. The van der Waals surface area contributed by atoms with Crippen LogP contribution in [-0.4, -0.2) is 6.71 Å². The van der Waals surface area contributed by atoms with Crippen molar-refractivity contribution >= 4 is 57.2 Å². The van der Waals surface area contributed by atoms with Crippen molar-refractivity contribution in [1.82, 2.24) is 0 Å². The predicted molar refractivity (Wildman–Crippen MR) is 255 cm³/mol. The summed E-state index contributed by atoms with van der Waals surface area (Å²) in [5.41, 5.74) is 23.3. The maximum atomic E-state index is 2.68. The van der Waals surface area contributed by atoms with Crippen molar-refractivity contribution in [2.45, 2.75) is 164 Å². The lowest BCUT2D eigenvalue weighted by Crippen LogP contribution is -2.61. The number of nitrogens with zero attached hydrogens (tertiary/aromatic N) is 2. The van der Waals surface area contributed by atoms with Crippen LogP contribution >= 0.6 is 0 Å². The van der Waals surface area contributed by atoms with Crippen LogP contribution in [0.15, 0.2) is 78.9 Å². The first kappa shape index (κ1) is 40.5. The highest BCUT2D eigenvalue weighted by atomic mass is 15.2. The molecule has 1 aliphatic carbocycles. The SMILES string of the molecule is Cc1cc2c3c(c1)N(c1cc(C(C)(C)C)cc(C(C)(C)C)c1)c1cc4c(cc1B3c1ccc(C(C)(C)C)cc1N2c1cc(C(C)(C)C)cc(C(C)(C)C)c1)CCCC4. The fourth-order valence-corrected chi connectivity index (χ4v) is 9.60.